The highest BCUT2D eigenvalue weighted by Gasteiger charge is 2.46. The van der Waals surface area contributed by atoms with Crippen LogP contribution < -0.4 is 5.32 Å². The normalized spacial score (nSPS) is 30.4. The first-order chi connectivity index (χ1) is 10.1. The monoisotopic (exact) mass is 293 g/mol. The van der Waals surface area contributed by atoms with E-state index in [4.69, 9.17) is 5.11 Å². The van der Waals surface area contributed by atoms with Gasteiger partial charge in [-0.25, -0.2) is 8.78 Å². The van der Waals surface area contributed by atoms with Crippen LogP contribution in [-0.2, 0) is 4.79 Å². The van der Waals surface area contributed by atoms with E-state index in [0.717, 1.165) is 6.07 Å². The third-order valence-corrected chi connectivity index (χ3v) is 4.24. The number of benzene rings is 1. The van der Waals surface area contributed by atoms with Gasteiger partial charge < -0.3 is 10.4 Å². The minimum absolute atomic E-state index is 0.0728. The maximum atomic E-state index is 13.7. The third-order valence-electron chi connectivity index (χ3n) is 4.24. The average Bonchev–Trinajstić information content (AvgIpc) is 3.14. The van der Waals surface area contributed by atoms with Crippen molar-refractivity contribution >= 4 is 5.91 Å². The fraction of sp³-hybridized carbons (Fsp3) is 0.438. The van der Waals surface area contributed by atoms with Crippen LogP contribution in [0.15, 0.2) is 30.4 Å². The number of aliphatic hydroxyl groups excluding tert-OH is 1. The number of nitrogens with one attached hydrogen (secondary N) is 1. The molecule has 2 unspecified atom stereocenters. The summed E-state index contributed by atoms with van der Waals surface area (Å²) < 4.78 is 26.9. The lowest BCUT2D eigenvalue weighted by atomic mass is 10.1. The molecule has 4 atom stereocenters. The first kappa shape index (κ1) is 14.2. The zero-order valence-electron chi connectivity index (χ0n) is 11.4. The molecule has 2 aliphatic carbocycles. The van der Waals surface area contributed by atoms with Crippen molar-refractivity contribution in [2.24, 2.45) is 11.8 Å². The number of amides is 1. The standard InChI is InChI=1S/C16H17F2NO2/c17-14-3-1-2-11(15(14)18)12-7-13(12)16(21)19-10-5-4-9(6-10)8-20/h1-5,9-10,12-13,20H,6-8H2,(H,19,21)/t9-,10+,12?,13?/m0/s1. The molecule has 2 aliphatic rings. The fourth-order valence-electron chi connectivity index (χ4n) is 2.94. The summed E-state index contributed by atoms with van der Waals surface area (Å²) in [5, 5.41) is 11.9. The molecule has 0 aliphatic heterocycles. The van der Waals surface area contributed by atoms with E-state index in [1.165, 1.54) is 12.1 Å². The molecule has 0 radical (unpaired) electrons. The summed E-state index contributed by atoms with van der Waals surface area (Å²) in [5.41, 5.74) is 0.283. The topological polar surface area (TPSA) is 49.3 Å². The van der Waals surface area contributed by atoms with Gasteiger partial charge in [0.05, 0.1) is 0 Å². The zero-order chi connectivity index (χ0) is 15.0. The molecule has 0 saturated heterocycles. The van der Waals surface area contributed by atoms with Gasteiger partial charge in [0.15, 0.2) is 11.6 Å². The van der Waals surface area contributed by atoms with Gasteiger partial charge in [0.1, 0.15) is 0 Å². The molecule has 112 valence electrons. The van der Waals surface area contributed by atoms with Gasteiger partial charge in [0.2, 0.25) is 5.91 Å². The minimum Gasteiger partial charge on any atom is -0.396 e. The van der Waals surface area contributed by atoms with Crippen molar-refractivity contribution in [1.82, 2.24) is 5.32 Å². The van der Waals surface area contributed by atoms with Gasteiger partial charge in [-0.15, -0.1) is 0 Å². The van der Waals surface area contributed by atoms with Gasteiger partial charge in [-0.2, -0.15) is 0 Å². The molecule has 1 amide bonds. The Bertz CT molecular complexity index is 588. The summed E-state index contributed by atoms with van der Waals surface area (Å²) in [5.74, 6) is -2.28. The van der Waals surface area contributed by atoms with Crippen LogP contribution in [0.1, 0.15) is 24.3 Å². The highest BCUT2D eigenvalue weighted by Crippen LogP contribution is 2.48. The molecule has 21 heavy (non-hydrogen) atoms. The Morgan fingerprint density at radius 1 is 1.29 bits per heavy atom. The molecular formula is C16H17F2NO2. The number of aliphatic hydroxyl groups is 1. The Balaban J connectivity index is 1.59. The van der Waals surface area contributed by atoms with Crippen molar-refractivity contribution in [3.63, 3.8) is 0 Å². The molecule has 3 rings (SSSR count). The van der Waals surface area contributed by atoms with Crippen molar-refractivity contribution in [2.45, 2.75) is 24.8 Å². The molecular weight excluding hydrogens is 276 g/mol. The van der Waals surface area contributed by atoms with Gasteiger partial charge in [0, 0.05) is 24.5 Å². The van der Waals surface area contributed by atoms with Crippen LogP contribution in [0.2, 0.25) is 0 Å². The van der Waals surface area contributed by atoms with Gasteiger partial charge in [-0.1, -0.05) is 24.3 Å². The molecule has 3 nitrogen and oxygen atoms in total. The summed E-state index contributed by atoms with van der Waals surface area (Å²) in [4.78, 5) is 12.1. The van der Waals surface area contributed by atoms with E-state index in [9.17, 15) is 13.6 Å². The largest absolute Gasteiger partial charge is 0.396 e. The Morgan fingerprint density at radius 2 is 2.10 bits per heavy atom. The second kappa shape index (κ2) is 5.56. The van der Waals surface area contributed by atoms with E-state index in [1.54, 1.807) is 0 Å². The first-order valence-electron chi connectivity index (χ1n) is 7.13. The Hall–Kier alpha value is -1.75. The van der Waals surface area contributed by atoms with E-state index in [0.29, 0.717) is 12.8 Å². The molecule has 0 heterocycles. The van der Waals surface area contributed by atoms with E-state index in [2.05, 4.69) is 5.32 Å². The summed E-state index contributed by atoms with van der Waals surface area (Å²) in [6, 6.07) is 4.00. The van der Waals surface area contributed by atoms with Crippen LogP contribution in [0.5, 0.6) is 0 Å². The molecule has 1 aromatic carbocycles. The molecule has 2 N–H and O–H groups in total. The third kappa shape index (κ3) is 2.83. The van der Waals surface area contributed by atoms with Crippen LogP contribution in [0.4, 0.5) is 8.78 Å². The number of hydrogen-bond acceptors (Lipinski definition) is 2. The predicted octanol–water partition coefficient (Wildman–Crippen LogP) is 2.12. The molecule has 0 aromatic heterocycles. The summed E-state index contributed by atoms with van der Waals surface area (Å²) in [7, 11) is 0. The van der Waals surface area contributed by atoms with Crippen LogP contribution in [0, 0.1) is 23.5 Å². The Kier molecular flexibility index (Phi) is 3.76. The average molecular weight is 293 g/mol. The fourth-order valence-corrected chi connectivity index (χ4v) is 2.94. The SMILES string of the molecule is O=C(N[C@@H]1C=C[C@H](CO)C1)C1CC1c1cccc(F)c1F. The second-order valence-corrected chi connectivity index (χ2v) is 5.77. The highest BCUT2D eigenvalue weighted by molar-refractivity contribution is 5.83. The molecule has 0 spiro atoms. The molecule has 0 bridgehead atoms. The highest BCUT2D eigenvalue weighted by atomic mass is 19.2. The predicted molar refractivity (Wildman–Crippen MR) is 73.5 cm³/mol. The Morgan fingerprint density at radius 3 is 2.81 bits per heavy atom. The molecule has 1 fully saturated rings. The molecule has 5 heteroatoms. The number of carbonyl (C=O) groups is 1. The number of hydrogen-bond donors (Lipinski definition) is 2. The van der Waals surface area contributed by atoms with Gasteiger partial charge >= 0.3 is 0 Å². The van der Waals surface area contributed by atoms with E-state index in [-0.39, 0.29) is 41.9 Å². The molecule has 1 saturated carbocycles. The quantitative estimate of drug-likeness (QED) is 0.836. The van der Waals surface area contributed by atoms with Crippen LogP contribution in [0.3, 0.4) is 0 Å². The second-order valence-electron chi connectivity index (χ2n) is 5.77. The van der Waals surface area contributed by atoms with E-state index in [1.807, 2.05) is 12.2 Å². The lowest BCUT2D eigenvalue weighted by molar-refractivity contribution is -0.122. The maximum Gasteiger partial charge on any atom is 0.224 e. The van der Waals surface area contributed by atoms with E-state index < -0.39 is 11.6 Å². The zero-order valence-corrected chi connectivity index (χ0v) is 11.4. The van der Waals surface area contributed by atoms with Gasteiger partial charge in [-0.3, -0.25) is 4.79 Å². The van der Waals surface area contributed by atoms with E-state index >= 15 is 0 Å². The van der Waals surface area contributed by atoms with Crippen molar-refractivity contribution in [3.8, 4) is 0 Å². The van der Waals surface area contributed by atoms with Gasteiger partial charge in [-0.05, 0) is 30.4 Å². The van der Waals surface area contributed by atoms with Crippen LogP contribution in [0.25, 0.3) is 0 Å². The Labute approximate surface area is 121 Å². The lowest BCUT2D eigenvalue weighted by Gasteiger charge is -2.12. The minimum atomic E-state index is -0.872. The lowest BCUT2D eigenvalue weighted by Crippen LogP contribution is -2.34. The smallest absolute Gasteiger partial charge is 0.224 e. The van der Waals surface area contributed by atoms with Gasteiger partial charge in [0.25, 0.3) is 0 Å². The van der Waals surface area contributed by atoms with Crippen molar-refractivity contribution in [3.05, 3.63) is 47.5 Å². The summed E-state index contributed by atoms with van der Waals surface area (Å²) >= 11 is 0. The van der Waals surface area contributed by atoms with Crippen molar-refractivity contribution < 1.29 is 18.7 Å². The first-order valence-corrected chi connectivity index (χ1v) is 7.13. The van der Waals surface area contributed by atoms with Crippen LogP contribution in [-0.4, -0.2) is 23.7 Å². The van der Waals surface area contributed by atoms with Crippen molar-refractivity contribution in [1.29, 1.82) is 0 Å². The maximum absolute atomic E-state index is 13.7. The number of halogens is 2. The number of carbonyl (C=O) groups excluding carboxylic acids is 1. The number of rotatable bonds is 4. The van der Waals surface area contributed by atoms with Crippen LogP contribution >= 0.6 is 0 Å². The molecule has 1 aromatic rings. The summed E-state index contributed by atoms with van der Waals surface area (Å²) in [6.45, 7) is 0.0728. The van der Waals surface area contributed by atoms with Crippen molar-refractivity contribution in [2.75, 3.05) is 6.61 Å². The summed E-state index contributed by atoms with van der Waals surface area (Å²) in [6.07, 6.45) is 5.00.